The first-order valence-electron chi connectivity index (χ1n) is 4.78. The Labute approximate surface area is 92.7 Å². The van der Waals surface area contributed by atoms with Gasteiger partial charge in [-0.2, -0.15) is 10.4 Å². The number of nitrogens with zero attached hydrogens (tertiary/aromatic N) is 3. The summed E-state index contributed by atoms with van der Waals surface area (Å²) in [6.45, 7) is 0.242. The molecule has 0 aliphatic heterocycles. The van der Waals surface area contributed by atoms with E-state index in [1.54, 1.807) is 29.2 Å². The van der Waals surface area contributed by atoms with Crippen LogP contribution in [-0.4, -0.2) is 16.1 Å². The van der Waals surface area contributed by atoms with Crippen LogP contribution in [0.3, 0.4) is 0 Å². The van der Waals surface area contributed by atoms with Gasteiger partial charge in [-0.05, 0) is 5.56 Å². The number of carbonyl (C=O) groups excluding carboxylic acids is 1. The lowest BCUT2D eigenvalue weighted by Gasteiger charge is -1.96. The Bertz CT molecular complexity index is 534. The number of benzene rings is 1. The minimum Gasteiger partial charge on any atom is -0.298 e. The molecule has 0 N–H and O–H groups in total. The van der Waals surface area contributed by atoms with E-state index in [1.807, 2.05) is 18.2 Å². The molecule has 0 unspecified atom stereocenters. The third-order valence-corrected chi connectivity index (χ3v) is 2.25. The molecule has 0 fully saturated rings. The second-order valence-electron chi connectivity index (χ2n) is 3.32. The largest absolute Gasteiger partial charge is 0.298 e. The maximum Gasteiger partial charge on any atom is 0.150 e. The van der Waals surface area contributed by atoms with Crippen molar-refractivity contribution in [3.63, 3.8) is 0 Å². The number of aromatic nitrogens is 2. The van der Waals surface area contributed by atoms with Crippen LogP contribution in [0.25, 0.3) is 11.1 Å². The summed E-state index contributed by atoms with van der Waals surface area (Å²) in [5, 5.41) is 12.6. The molecule has 0 radical (unpaired) electrons. The lowest BCUT2D eigenvalue weighted by Crippen LogP contribution is -1.93. The van der Waals surface area contributed by atoms with Gasteiger partial charge in [-0.1, -0.05) is 24.3 Å². The molecule has 0 atom stereocenters. The molecule has 0 bridgehead atoms. The highest BCUT2D eigenvalue weighted by molar-refractivity contribution is 5.76. The smallest absolute Gasteiger partial charge is 0.150 e. The van der Waals surface area contributed by atoms with Crippen molar-refractivity contribution in [2.45, 2.75) is 6.54 Å². The van der Waals surface area contributed by atoms with Crippen LogP contribution in [0.15, 0.2) is 36.7 Å². The summed E-state index contributed by atoms with van der Waals surface area (Å²) in [5.74, 6) is 0. The van der Waals surface area contributed by atoms with Crippen molar-refractivity contribution in [2.75, 3.05) is 0 Å². The summed E-state index contributed by atoms with van der Waals surface area (Å²) in [6, 6.07) is 9.25. The molecule has 1 heterocycles. The first-order chi connectivity index (χ1) is 7.83. The highest BCUT2D eigenvalue weighted by Gasteiger charge is 2.01. The molecule has 4 nitrogen and oxygen atoms in total. The van der Waals surface area contributed by atoms with Gasteiger partial charge in [0.1, 0.15) is 12.8 Å². The van der Waals surface area contributed by atoms with Crippen molar-refractivity contribution in [1.82, 2.24) is 9.78 Å². The Kier molecular flexibility index (Phi) is 2.79. The Morgan fingerprint density at radius 2 is 2.06 bits per heavy atom. The molecule has 0 aliphatic carbocycles. The number of nitriles is 1. The molecule has 1 aromatic heterocycles. The molecule has 0 saturated heterocycles. The lowest BCUT2D eigenvalue weighted by atomic mass is 10.1. The predicted octanol–water partition coefficient (Wildman–Crippen LogP) is 1.89. The molecule has 1 aromatic carbocycles. The molecule has 0 aliphatic rings. The molecule has 0 saturated carbocycles. The summed E-state index contributed by atoms with van der Waals surface area (Å²) in [5.41, 5.74) is 2.57. The number of hydrogen-bond donors (Lipinski definition) is 0. The van der Waals surface area contributed by atoms with Crippen molar-refractivity contribution in [3.05, 3.63) is 42.2 Å². The summed E-state index contributed by atoms with van der Waals surface area (Å²) in [7, 11) is 0. The van der Waals surface area contributed by atoms with Gasteiger partial charge >= 0.3 is 0 Å². The van der Waals surface area contributed by atoms with Crippen LogP contribution in [0.1, 0.15) is 10.4 Å². The summed E-state index contributed by atoms with van der Waals surface area (Å²) >= 11 is 0. The van der Waals surface area contributed by atoms with Gasteiger partial charge in [0.2, 0.25) is 0 Å². The topological polar surface area (TPSA) is 58.7 Å². The van der Waals surface area contributed by atoms with Crippen molar-refractivity contribution in [2.24, 2.45) is 0 Å². The average Bonchev–Trinajstić information content (AvgIpc) is 2.78. The van der Waals surface area contributed by atoms with Gasteiger partial charge in [-0.25, -0.2) is 0 Å². The minimum absolute atomic E-state index is 0.242. The summed E-state index contributed by atoms with van der Waals surface area (Å²) in [6.07, 6.45) is 4.31. The Balaban J connectivity index is 2.28. The van der Waals surface area contributed by atoms with Crippen LogP contribution in [-0.2, 0) is 6.54 Å². The van der Waals surface area contributed by atoms with Gasteiger partial charge < -0.3 is 0 Å². The number of hydrogen-bond acceptors (Lipinski definition) is 3. The van der Waals surface area contributed by atoms with E-state index < -0.39 is 0 Å². The molecule has 2 rings (SSSR count). The van der Waals surface area contributed by atoms with E-state index in [0.29, 0.717) is 5.56 Å². The van der Waals surface area contributed by atoms with Gasteiger partial charge in [0.15, 0.2) is 0 Å². The van der Waals surface area contributed by atoms with Crippen molar-refractivity contribution in [1.29, 1.82) is 5.26 Å². The summed E-state index contributed by atoms with van der Waals surface area (Å²) in [4.78, 5) is 10.5. The standard InChI is InChI=1S/C12H9N3O/c13-5-6-15-8-12(7-14-15)11-3-1-10(9-16)2-4-11/h1-4,7-9H,6H2. The Morgan fingerprint density at radius 1 is 1.31 bits per heavy atom. The molecule has 78 valence electrons. The first-order valence-corrected chi connectivity index (χ1v) is 4.78. The maximum absolute atomic E-state index is 10.5. The van der Waals surface area contributed by atoms with Crippen LogP contribution < -0.4 is 0 Å². The zero-order chi connectivity index (χ0) is 11.4. The molecular weight excluding hydrogens is 202 g/mol. The molecule has 2 aromatic rings. The monoisotopic (exact) mass is 211 g/mol. The quantitative estimate of drug-likeness (QED) is 0.728. The van der Waals surface area contributed by atoms with Gasteiger partial charge in [0.05, 0.1) is 12.3 Å². The van der Waals surface area contributed by atoms with E-state index in [0.717, 1.165) is 17.4 Å². The van der Waals surface area contributed by atoms with Crippen molar-refractivity contribution < 1.29 is 4.79 Å². The van der Waals surface area contributed by atoms with E-state index in [4.69, 9.17) is 5.26 Å². The lowest BCUT2D eigenvalue weighted by molar-refractivity contribution is 0.112. The van der Waals surface area contributed by atoms with Crippen LogP contribution >= 0.6 is 0 Å². The van der Waals surface area contributed by atoms with Crippen molar-refractivity contribution in [3.8, 4) is 17.2 Å². The fourth-order valence-corrected chi connectivity index (χ4v) is 1.43. The predicted molar refractivity (Wildman–Crippen MR) is 58.7 cm³/mol. The van der Waals surface area contributed by atoms with Gasteiger partial charge in [0, 0.05) is 17.3 Å². The normalized spacial score (nSPS) is 9.69. The first kappa shape index (κ1) is 10.1. The van der Waals surface area contributed by atoms with Gasteiger partial charge in [0.25, 0.3) is 0 Å². The molecule has 4 heteroatoms. The van der Waals surface area contributed by atoms with E-state index in [1.165, 1.54) is 0 Å². The Morgan fingerprint density at radius 3 is 2.69 bits per heavy atom. The fraction of sp³-hybridized carbons (Fsp3) is 0.0833. The fourth-order valence-electron chi connectivity index (χ4n) is 1.43. The second kappa shape index (κ2) is 4.41. The SMILES string of the molecule is N#CCn1cc(-c2ccc(C=O)cc2)cn1. The minimum atomic E-state index is 0.242. The third kappa shape index (κ3) is 1.98. The average molecular weight is 211 g/mol. The van der Waals surface area contributed by atoms with Crippen LogP contribution in [0.4, 0.5) is 0 Å². The second-order valence-corrected chi connectivity index (χ2v) is 3.32. The zero-order valence-corrected chi connectivity index (χ0v) is 8.50. The Hall–Kier alpha value is -2.41. The van der Waals surface area contributed by atoms with Crippen molar-refractivity contribution >= 4 is 6.29 Å². The highest BCUT2D eigenvalue weighted by atomic mass is 16.1. The van der Waals surface area contributed by atoms with Crippen LogP contribution in [0.5, 0.6) is 0 Å². The molecule has 0 spiro atoms. The molecule has 0 amide bonds. The van der Waals surface area contributed by atoms with Gasteiger partial charge in [-0.15, -0.1) is 0 Å². The summed E-state index contributed by atoms with van der Waals surface area (Å²) < 4.78 is 1.57. The highest BCUT2D eigenvalue weighted by Crippen LogP contribution is 2.18. The number of rotatable bonds is 3. The maximum atomic E-state index is 10.5. The molecular formula is C12H9N3O. The van der Waals surface area contributed by atoms with E-state index in [9.17, 15) is 4.79 Å². The molecule has 16 heavy (non-hydrogen) atoms. The van der Waals surface area contributed by atoms with E-state index >= 15 is 0 Å². The van der Waals surface area contributed by atoms with Crippen LogP contribution in [0.2, 0.25) is 0 Å². The van der Waals surface area contributed by atoms with E-state index in [2.05, 4.69) is 5.10 Å². The zero-order valence-electron chi connectivity index (χ0n) is 8.50. The number of aldehydes is 1. The van der Waals surface area contributed by atoms with Gasteiger partial charge in [-0.3, -0.25) is 9.48 Å². The third-order valence-electron chi connectivity index (χ3n) is 2.25. The van der Waals surface area contributed by atoms with Crippen LogP contribution in [0, 0.1) is 11.3 Å². The number of carbonyl (C=O) groups is 1. The van der Waals surface area contributed by atoms with E-state index in [-0.39, 0.29) is 6.54 Å².